The Kier molecular flexibility index (Phi) is 6.42. The molecule has 0 radical (unpaired) electrons. The summed E-state index contributed by atoms with van der Waals surface area (Å²) in [6, 6.07) is 0.132. The van der Waals surface area contributed by atoms with Crippen molar-refractivity contribution in [2.75, 3.05) is 33.4 Å². The number of rotatable bonds is 6. The molecule has 6 nitrogen and oxygen atoms in total. The number of nitrogens with zero attached hydrogens (tertiary/aromatic N) is 1. The van der Waals surface area contributed by atoms with Crippen LogP contribution in [0.1, 0.15) is 33.1 Å². The lowest BCUT2D eigenvalue weighted by atomic mass is 9.85. The van der Waals surface area contributed by atoms with Gasteiger partial charge in [0, 0.05) is 32.8 Å². The van der Waals surface area contributed by atoms with Gasteiger partial charge in [-0.05, 0) is 26.2 Å². The van der Waals surface area contributed by atoms with Gasteiger partial charge in [-0.25, -0.2) is 0 Å². The van der Waals surface area contributed by atoms with Gasteiger partial charge in [0.15, 0.2) is 0 Å². The van der Waals surface area contributed by atoms with E-state index in [9.17, 15) is 9.59 Å². The van der Waals surface area contributed by atoms with Gasteiger partial charge in [0.05, 0.1) is 5.41 Å². The number of piperidine rings is 1. The summed E-state index contributed by atoms with van der Waals surface area (Å²) in [5.41, 5.74) is 5.27. The van der Waals surface area contributed by atoms with E-state index in [1.54, 1.807) is 0 Å². The summed E-state index contributed by atoms with van der Waals surface area (Å²) >= 11 is 0. The number of methoxy groups -OCH3 is 1. The zero-order chi connectivity index (χ0) is 15.2. The molecule has 1 atom stereocenters. The van der Waals surface area contributed by atoms with E-state index >= 15 is 0 Å². The maximum atomic E-state index is 12.5. The van der Waals surface area contributed by atoms with Gasteiger partial charge in [-0.2, -0.15) is 0 Å². The van der Waals surface area contributed by atoms with E-state index in [0.29, 0.717) is 19.6 Å². The number of hydrogen-bond donors (Lipinski definition) is 2. The molecular weight excluding hydrogens is 258 g/mol. The van der Waals surface area contributed by atoms with E-state index in [1.165, 1.54) is 7.11 Å². The highest BCUT2D eigenvalue weighted by molar-refractivity contribution is 5.82. The van der Waals surface area contributed by atoms with E-state index in [1.807, 2.05) is 18.7 Å². The van der Waals surface area contributed by atoms with Crippen LogP contribution in [0.25, 0.3) is 0 Å². The quantitative estimate of drug-likeness (QED) is 0.725. The second-order valence-corrected chi connectivity index (χ2v) is 5.69. The summed E-state index contributed by atoms with van der Waals surface area (Å²) < 4.78 is 4.79. The maximum absolute atomic E-state index is 12.5. The van der Waals surface area contributed by atoms with Crippen molar-refractivity contribution in [2.24, 2.45) is 11.1 Å². The molecule has 2 amide bonds. The highest BCUT2D eigenvalue weighted by Gasteiger charge is 2.35. The lowest BCUT2D eigenvalue weighted by molar-refractivity contribution is -0.142. The number of nitrogens with two attached hydrogens (primary N) is 1. The van der Waals surface area contributed by atoms with Crippen LogP contribution in [0.4, 0.5) is 0 Å². The number of likely N-dealkylation sites (tertiary alicyclic amines) is 1. The van der Waals surface area contributed by atoms with Crippen molar-refractivity contribution in [2.45, 2.75) is 39.2 Å². The maximum Gasteiger partial charge on any atom is 0.246 e. The Hall–Kier alpha value is -1.14. The molecule has 0 spiro atoms. The van der Waals surface area contributed by atoms with Gasteiger partial charge in [0.25, 0.3) is 0 Å². The molecule has 1 aliphatic heterocycles. The zero-order valence-electron chi connectivity index (χ0n) is 12.8. The van der Waals surface area contributed by atoms with Gasteiger partial charge >= 0.3 is 0 Å². The van der Waals surface area contributed by atoms with E-state index < -0.39 is 5.41 Å². The minimum Gasteiger partial charge on any atom is -0.375 e. The van der Waals surface area contributed by atoms with Crippen molar-refractivity contribution >= 4 is 11.8 Å². The topological polar surface area (TPSA) is 84.7 Å². The van der Waals surface area contributed by atoms with Crippen LogP contribution in [0, 0.1) is 5.41 Å². The van der Waals surface area contributed by atoms with Crippen LogP contribution < -0.4 is 11.1 Å². The third-order valence-electron chi connectivity index (χ3n) is 4.17. The smallest absolute Gasteiger partial charge is 0.246 e. The third kappa shape index (κ3) is 4.18. The number of carbonyl (C=O) groups is 2. The number of carbonyl (C=O) groups excluding carboxylic acids is 2. The van der Waals surface area contributed by atoms with Crippen LogP contribution in [0.5, 0.6) is 0 Å². The first kappa shape index (κ1) is 16.9. The van der Waals surface area contributed by atoms with Crippen molar-refractivity contribution in [1.82, 2.24) is 10.2 Å². The number of nitrogens with one attached hydrogen (secondary N) is 1. The molecule has 0 aromatic heterocycles. The molecule has 1 saturated heterocycles. The molecule has 6 heteroatoms. The van der Waals surface area contributed by atoms with Crippen molar-refractivity contribution in [3.8, 4) is 0 Å². The van der Waals surface area contributed by atoms with Gasteiger partial charge in [0.1, 0.15) is 6.61 Å². The molecule has 0 saturated carbocycles. The second kappa shape index (κ2) is 7.59. The Morgan fingerprint density at radius 1 is 1.40 bits per heavy atom. The normalized spacial score (nSPS) is 19.5. The Bertz CT molecular complexity index is 335. The molecule has 1 aliphatic rings. The van der Waals surface area contributed by atoms with E-state index in [4.69, 9.17) is 10.5 Å². The minimum atomic E-state index is -0.466. The summed E-state index contributed by atoms with van der Waals surface area (Å²) in [5.74, 6) is 0.0294. The average Bonchev–Trinajstić information content (AvgIpc) is 2.46. The molecule has 1 heterocycles. The van der Waals surface area contributed by atoms with Crippen molar-refractivity contribution in [3.05, 3.63) is 0 Å². The molecule has 0 aromatic carbocycles. The fourth-order valence-electron chi connectivity index (χ4n) is 2.39. The number of amides is 2. The molecule has 0 bridgehead atoms. The fourth-order valence-corrected chi connectivity index (χ4v) is 2.39. The van der Waals surface area contributed by atoms with Gasteiger partial charge in [-0.3, -0.25) is 9.59 Å². The first-order valence-electron chi connectivity index (χ1n) is 7.24. The fraction of sp³-hybridized carbons (Fsp3) is 0.857. The predicted octanol–water partition coefficient (Wildman–Crippen LogP) is 0.115. The first-order valence-corrected chi connectivity index (χ1v) is 7.24. The summed E-state index contributed by atoms with van der Waals surface area (Å²) in [4.78, 5) is 25.8. The van der Waals surface area contributed by atoms with Crippen LogP contribution in [-0.4, -0.2) is 56.1 Å². The van der Waals surface area contributed by atoms with E-state index in [2.05, 4.69) is 5.32 Å². The predicted molar refractivity (Wildman–Crippen MR) is 77.1 cm³/mol. The van der Waals surface area contributed by atoms with Crippen molar-refractivity contribution in [1.29, 1.82) is 0 Å². The highest BCUT2D eigenvalue weighted by atomic mass is 16.5. The minimum absolute atomic E-state index is 0.0836. The van der Waals surface area contributed by atoms with E-state index in [-0.39, 0.29) is 24.5 Å². The number of ether oxygens (including phenoxy) is 1. The molecule has 3 N–H and O–H groups in total. The summed E-state index contributed by atoms with van der Waals surface area (Å²) in [6.45, 7) is 5.70. The lowest BCUT2D eigenvalue weighted by Gasteiger charge is -2.37. The van der Waals surface area contributed by atoms with E-state index in [0.717, 1.165) is 19.3 Å². The number of hydrogen-bond acceptors (Lipinski definition) is 4. The Balaban J connectivity index is 2.46. The third-order valence-corrected chi connectivity index (χ3v) is 4.17. The van der Waals surface area contributed by atoms with Gasteiger partial charge in [-0.1, -0.05) is 6.92 Å². The van der Waals surface area contributed by atoms with Gasteiger partial charge in [-0.15, -0.1) is 0 Å². The molecule has 0 aromatic rings. The zero-order valence-corrected chi connectivity index (χ0v) is 12.8. The van der Waals surface area contributed by atoms with Crippen molar-refractivity contribution < 1.29 is 14.3 Å². The van der Waals surface area contributed by atoms with Gasteiger partial charge < -0.3 is 20.7 Å². The Morgan fingerprint density at radius 2 is 2.00 bits per heavy atom. The van der Waals surface area contributed by atoms with Crippen LogP contribution >= 0.6 is 0 Å². The molecular formula is C14H27N3O3. The highest BCUT2D eigenvalue weighted by Crippen LogP contribution is 2.24. The molecule has 20 heavy (non-hydrogen) atoms. The summed E-state index contributed by atoms with van der Waals surface area (Å²) in [5, 5.41) is 2.92. The Labute approximate surface area is 121 Å². The first-order chi connectivity index (χ1) is 9.46. The summed E-state index contributed by atoms with van der Waals surface area (Å²) in [7, 11) is 1.50. The van der Waals surface area contributed by atoms with Crippen molar-refractivity contribution in [3.63, 3.8) is 0 Å². The molecule has 116 valence electrons. The summed E-state index contributed by atoms with van der Waals surface area (Å²) in [6.07, 6.45) is 2.31. The van der Waals surface area contributed by atoms with Crippen LogP contribution in [-0.2, 0) is 14.3 Å². The standard InChI is InChI=1S/C14H27N3O3/c1-4-14(2,10-15)13(19)17-7-5-11(6-8-17)16-12(18)9-20-3/h11H,4-10,15H2,1-3H3,(H,16,18). The monoisotopic (exact) mass is 285 g/mol. The molecule has 1 unspecified atom stereocenters. The van der Waals surface area contributed by atoms with Crippen LogP contribution in [0.2, 0.25) is 0 Å². The lowest BCUT2D eigenvalue weighted by Crippen LogP contribution is -2.52. The molecule has 1 rings (SSSR count). The Morgan fingerprint density at radius 3 is 2.45 bits per heavy atom. The van der Waals surface area contributed by atoms with Crippen LogP contribution in [0.15, 0.2) is 0 Å². The molecule has 1 fully saturated rings. The SMILES string of the molecule is CCC(C)(CN)C(=O)N1CCC(NC(=O)COC)CC1. The van der Waals surface area contributed by atoms with Crippen LogP contribution in [0.3, 0.4) is 0 Å². The average molecular weight is 285 g/mol. The molecule has 0 aliphatic carbocycles. The van der Waals surface area contributed by atoms with Gasteiger partial charge in [0.2, 0.25) is 11.8 Å². The second-order valence-electron chi connectivity index (χ2n) is 5.69. The largest absolute Gasteiger partial charge is 0.375 e.